The maximum Gasteiger partial charge on any atom is 0.0456 e. The van der Waals surface area contributed by atoms with Crippen LogP contribution in [0.1, 0.15) is 39.2 Å². The van der Waals surface area contributed by atoms with E-state index in [1.165, 1.54) is 18.4 Å². The van der Waals surface area contributed by atoms with Crippen molar-refractivity contribution < 1.29 is 5.11 Å². The Morgan fingerprint density at radius 1 is 0.882 bits per heavy atom. The lowest BCUT2D eigenvalue weighted by Gasteiger charge is -2.19. The Hall–Kier alpha value is -0.820. The maximum absolute atomic E-state index is 9.05. The van der Waals surface area contributed by atoms with E-state index in [1.54, 1.807) is 0 Å². The minimum Gasteiger partial charge on any atom is -0.396 e. The van der Waals surface area contributed by atoms with Crippen LogP contribution in [0.5, 0.6) is 0 Å². The van der Waals surface area contributed by atoms with E-state index >= 15 is 0 Å². The third-order valence-electron chi connectivity index (χ3n) is 3.35. The SMILES string of the molecule is C[C@H](C[C@H](C)CO)C[C@H](C)Cc1ccccc1. The van der Waals surface area contributed by atoms with Crippen LogP contribution in [0.3, 0.4) is 0 Å². The quantitative estimate of drug-likeness (QED) is 0.758. The van der Waals surface area contributed by atoms with Crippen molar-refractivity contribution >= 4 is 0 Å². The van der Waals surface area contributed by atoms with Crippen LogP contribution >= 0.6 is 0 Å². The minimum atomic E-state index is 0.317. The molecule has 1 rings (SSSR count). The highest BCUT2D eigenvalue weighted by molar-refractivity contribution is 5.15. The zero-order valence-corrected chi connectivity index (χ0v) is 11.4. The van der Waals surface area contributed by atoms with Crippen LogP contribution in [-0.2, 0) is 6.42 Å². The second kappa shape index (κ2) is 7.50. The Morgan fingerprint density at radius 2 is 1.47 bits per heavy atom. The molecule has 0 aliphatic carbocycles. The summed E-state index contributed by atoms with van der Waals surface area (Å²) in [5.41, 5.74) is 1.43. The average molecular weight is 234 g/mol. The lowest BCUT2D eigenvalue weighted by molar-refractivity contribution is 0.208. The molecule has 1 heteroatoms. The van der Waals surface area contributed by atoms with Gasteiger partial charge in [0.2, 0.25) is 0 Å². The second-order valence-electron chi connectivity index (χ2n) is 5.66. The summed E-state index contributed by atoms with van der Waals surface area (Å²) in [5, 5.41) is 9.05. The smallest absolute Gasteiger partial charge is 0.0456 e. The number of rotatable bonds is 7. The van der Waals surface area contributed by atoms with Gasteiger partial charge in [-0.05, 0) is 42.6 Å². The van der Waals surface area contributed by atoms with E-state index in [9.17, 15) is 0 Å². The van der Waals surface area contributed by atoms with Crippen molar-refractivity contribution in [2.24, 2.45) is 17.8 Å². The van der Waals surface area contributed by atoms with Gasteiger partial charge >= 0.3 is 0 Å². The first kappa shape index (κ1) is 14.2. The Labute approximate surface area is 106 Å². The molecule has 0 aliphatic rings. The largest absolute Gasteiger partial charge is 0.396 e. The summed E-state index contributed by atoms with van der Waals surface area (Å²) in [5.74, 6) is 1.86. The van der Waals surface area contributed by atoms with Crippen molar-refractivity contribution in [3.8, 4) is 0 Å². The summed E-state index contributed by atoms with van der Waals surface area (Å²) in [4.78, 5) is 0. The molecule has 0 amide bonds. The van der Waals surface area contributed by atoms with Crippen LogP contribution in [0.2, 0.25) is 0 Å². The summed E-state index contributed by atoms with van der Waals surface area (Å²) >= 11 is 0. The Kier molecular flexibility index (Phi) is 6.28. The molecule has 0 heterocycles. The van der Waals surface area contributed by atoms with Crippen molar-refractivity contribution in [3.63, 3.8) is 0 Å². The van der Waals surface area contributed by atoms with Gasteiger partial charge in [0.05, 0.1) is 0 Å². The van der Waals surface area contributed by atoms with Crippen LogP contribution < -0.4 is 0 Å². The molecule has 0 aliphatic heterocycles. The molecule has 0 saturated carbocycles. The van der Waals surface area contributed by atoms with E-state index in [4.69, 9.17) is 5.11 Å². The van der Waals surface area contributed by atoms with Crippen molar-refractivity contribution in [1.82, 2.24) is 0 Å². The highest BCUT2D eigenvalue weighted by Crippen LogP contribution is 2.22. The Balaban J connectivity index is 2.31. The highest BCUT2D eigenvalue weighted by Gasteiger charge is 2.12. The lowest BCUT2D eigenvalue weighted by atomic mass is 9.87. The van der Waals surface area contributed by atoms with E-state index in [2.05, 4.69) is 51.1 Å². The van der Waals surface area contributed by atoms with Gasteiger partial charge < -0.3 is 5.11 Å². The highest BCUT2D eigenvalue weighted by atomic mass is 16.3. The Morgan fingerprint density at radius 3 is 2.06 bits per heavy atom. The van der Waals surface area contributed by atoms with Gasteiger partial charge in [0, 0.05) is 6.61 Å². The van der Waals surface area contributed by atoms with Gasteiger partial charge in [0.1, 0.15) is 0 Å². The first-order valence-corrected chi connectivity index (χ1v) is 6.76. The first-order chi connectivity index (χ1) is 8.11. The fourth-order valence-electron chi connectivity index (χ4n) is 2.64. The van der Waals surface area contributed by atoms with Gasteiger partial charge in [0.15, 0.2) is 0 Å². The number of aliphatic hydroxyl groups is 1. The van der Waals surface area contributed by atoms with Gasteiger partial charge in [-0.2, -0.15) is 0 Å². The third kappa shape index (κ3) is 5.88. The van der Waals surface area contributed by atoms with Crippen LogP contribution in [0, 0.1) is 17.8 Å². The second-order valence-corrected chi connectivity index (χ2v) is 5.66. The molecule has 0 saturated heterocycles. The monoisotopic (exact) mass is 234 g/mol. The molecule has 0 spiro atoms. The molecular weight excluding hydrogens is 208 g/mol. The predicted molar refractivity (Wildman–Crippen MR) is 74.0 cm³/mol. The van der Waals surface area contributed by atoms with Crippen molar-refractivity contribution in [3.05, 3.63) is 35.9 Å². The van der Waals surface area contributed by atoms with Gasteiger partial charge in [-0.3, -0.25) is 0 Å². The fourth-order valence-corrected chi connectivity index (χ4v) is 2.64. The van der Waals surface area contributed by atoms with Gasteiger partial charge in [-0.15, -0.1) is 0 Å². The molecular formula is C16H26O. The van der Waals surface area contributed by atoms with Crippen LogP contribution in [0.25, 0.3) is 0 Å². The van der Waals surface area contributed by atoms with Gasteiger partial charge in [-0.1, -0.05) is 51.1 Å². The molecule has 0 bridgehead atoms. The van der Waals surface area contributed by atoms with Crippen molar-refractivity contribution in [1.29, 1.82) is 0 Å². The molecule has 0 aromatic heterocycles. The topological polar surface area (TPSA) is 20.2 Å². The van der Waals surface area contributed by atoms with Crippen molar-refractivity contribution in [2.45, 2.75) is 40.0 Å². The van der Waals surface area contributed by atoms with E-state index < -0.39 is 0 Å². The molecule has 1 N–H and O–H groups in total. The molecule has 0 radical (unpaired) electrons. The standard InChI is InChI=1S/C16H26O/c1-13(10-15(3)12-17)9-14(2)11-16-7-5-4-6-8-16/h4-8,13-15,17H,9-12H2,1-3H3/t13-,14-,15-/m0/s1. The normalized spacial score (nSPS) is 16.5. The van der Waals surface area contributed by atoms with Gasteiger partial charge in [-0.25, -0.2) is 0 Å². The molecule has 0 fully saturated rings. The molecule has 1 aromatic rings. The van der Waals surface area contributed by atoms with Gasteiger partial charge in [0.25, 0.3) is 0 Å². The number of hydrogen-bond donors (Lipinski definition) is 1. The lowest BCUT2D eigenvalue weighted by Crippen LogP contribution is -2.11. The van der Waals surface area contributed by atoms with E-state index in [1.807, 2.05) is 0 Å². The van der Waals surface area contributed by atoms with Crippen LogP contribution in [-0.4, -0.2) is 11.7 Å². The van der Waals surface area contributed by atoms with Crippen molar-refractivity contribution in [2.75, 3.05) is 6.61 Å². The maximum atomic E-state index is 9.05. The summed E-state index contributed by atoms with van der Waals surface area (Å²) in [6.07, 6.45) is 3.55. The zero-order chi connectivity index (χ0) is 12.7. The van der Waals surface area contributed by atoms with E-state index in [0.717, 1.165) is 12.3 Å². The third-order valence-corrected chi connectivity index (χ3v) is 3.35. The zero-order valence-electron chi connectivity index (χ0n) is 11.4. The molecule has 1 nitrogen and oxygen atoms in total. The summed E-state index contributed by atoms with van der Waals surface area (Å²) < 4.78 is 0. The minimum absolute atomic E-state index is 0.317. The molecule has 1 aromatic carbocycles. The summed E-state index contributed by atoms with van der Waals surface area (Å²) in [6.45, 7) is 7.07. The predicted octanol–water partition coefficient (Wildman–Crippen LogP) is 3.91. The van der Waals surface area contributed by atoms with Crippen LogP contribution in [0.4, 0.5) is 0 Å². The van der Waals surface area contributed by atoms with E-state index in [0.29, 0.717) is 18.4 Å². The summed E-state index contributed by atoms with van der Waals surface area (Å²) in [6, 6.07) is 10.7. The van der Waals surface area contributed by atoms with E-state index in [-0.39, 0.29) is 0 Å². The molecule has 3 atom stereocenters. The Bertz CT molecular complexity index is 294. The summed E-state index contributed by atoms with van der Waals surface area (Å²) in [7, 11) is 0. The number of hydrogen-bond acceptors (Lipinski definition) is 1. The first-order valence-electron chi connectivity index (χ1n) is 6.76. The molecule has 0 unspecified atom stereocenters. The number of benzene rings is 1. The fraction of sp³-hybridized carbons (Fsp3) is 0.625. The number of aliphatic hydroxyl groups excluding tert-OH is 1. The van der Waals surface area contributed by atoms with Crippen LogP contribution in [0.15, 0.2) is 30.3 Å². The molecule has 17 heavy (non-hydrogen) atoms. The average Bonchev–Trinajstić information content (AvgIpc) is 2.29. The molecule has 96 valence electrons.